The molecule has 3 heteroatoms. The van der Waals surface area contributed by atoms with Gasteiger partial charge in [-0.05, 0) is 0 Å². The van der Waals surface area contributed by atoms with Crippen molar-refractivity contribution >= 4 is 11.4 Å². The van der Waals surface area contributed by atoms with Crippen LogP contribution in [0.1, 0.15) is 0 Å². The van der Waals surface area contributed by atoms with E-state index in [1.807, 2.05) is 0 Å². The summed E-state index contributed by atoms with van der Waals surface area (Å²) in [6.07, 6.45) is 0. The summed E-state index contributed by atoms with van der Waals surface area (Å²) in [5, 5.41) is 0. The molecule has 74 valence electrons. The van der Waals surface area contributed by atoms with Crippen LogP contribution in [0.4, 0.5) is 11.4 Å². The Hall–Kier alpha value is -0.908. The van der Waals surface area contributed by atoms with E-state index in [0.29, 0.717) is 0 Å². The predicted molar refractivity (Wildman–Crippen MR) is 59.4 cm³/mol. The number of nitrogen functional groups attached to an aromatic ring is 2. The van der Waals surface area contributed by atoms with E-state index >= 15 is 0 Å². The standard InChI is InChI=1S/2C6H6N.U/c2*7-6-4-2-1-3-5-6;/h2*2-5H,7H2;/q2*-1;+2. The fourth-order valence-electron chi connectivity index (χ4n) is 0.800. The van der Waals surface area contributed by atoms with Gasteiger partial charge in [0.2, 0.25) is 0 Å². The van der Waals surface area contributed by atoms with E-state index in [9.17, 15) is 0 Å². The van der Waals surface area contributed by atoms with Crippen LogP contribution >= 0.6 is 0 Å². The zero-order valence-corrected chi connectivity index (χ0v) is 12.4. The molecule has 2 aromatic rings. The van der Waals surface area contributed by atoms with Crippen LogP contribution in [0.15, 0.2) is 48.5 Å². The topological polar surface area (TPSA) is 52.0 Å². The van der Waals surface area contributed by atoms with Crippen molar-refractivity contribution in [3.8, 4) is 0 Å². The maximum absolute atomic E-state index is 5.34. The second-order valence-corrected chi connectivity index (χ2v) is 2.67. The molecule has 0 atom stereocenters. The molecule has 0 heterocycles. The molecule has 0 aliphatic carbocycles. The summed E-state index contributed by atoms with van der Waals surface area (Å²) in [4.78, 5) is 0. The van der Waals surface area contributed by atoms with Crippen molar-refractivity contribution in [1.82, 2.24) is 0 Å². The molecule has 0 unspecified atom stereocenters. The van der Waals surface area contributed by atoms with Gasteiger partial charge in [0.25, 0.3) is 0 Å². The first-order valence-electron chi connectivity index (χ1n) is 4.22. The van der Waals surface area contributed by atoms with Crippen LogP contribution in [0.5, 0.6) is 0 Å². The summed E-state index contributed by atoms with van der Waals surface area (Å²) in [6, 6.07) is 20.1. The zero-order chi connectivity index (χ0) is 10.2. The van der Waals surface area contributed by atoms with Gasteiger partial charge in [-0.25, -0.2) is 0 Å². The molecular weight excluding hydrogens is 410 g/mol. The van der Waals surface area contributed by atoms with Crippen LogP contribution in [0.25, 0.3) is 0 Å². The van der Waals surface area contributed by atoms with Gasteiger partial charge in [0.15, 0.2) is 0 Å². The van der Waals surface area contributed by atoms with E-state index < -0.39 is 0 Å². The maximum atomic E-state index is 5.34. The molecule has 0 fully saturated rings. The Morgan fingerprint density at radius 1 is 0.667 bits per heavy atom. The van der Waals surface area contributed by atoms with Crippen LogP contribution in [0.2, 0.25) is 0 Å². The van der Waals surface area contributed by atoms with Crippen LogP contribution < -0.4 is 11.5 Å². The molecule has 2 aromatic carbocycles. The van der Waals surface area contributed by atoms with Crippen molar-refractivity contribution in [3.63, 3.8) is 0 Å². The molecular formula is C12H12N2U. The van der Waals surface area contributed by atoms with Crippen molar-refractivity contribution in [2.75, 3.05) is 11.5 Å². The first-order valence-corrected chi connectivity index (χ1v) is 4.22. The minimum Gasteiger partial charge on any atom is -0.419 e. The second kappa shape index (κ2) is 8.40. The molecule has 2 rings (SSSR count). The molecule has 0 aliphatic heterocycles. The number of benzene rings is 2. The van der Waals surface area contributed by atoms with Gasteiger partial charge in [-0.2, -0.15) is 36.4 Å². The molecule has 0 amide bonds. The number of nitrogens with two attached hydrogens (primary N) is 2. The van der Waals surface area contributed by atoms with E-state index in [4.69, 9.17) is 11.5 Å². The first-order chi connectivity index (χ1) is 6.79. The summed E-state index contributed by atoms with van der Waals surface area (Å²) in [5.41, 5.74) is 12.3. The fourth-order valence-corrected chi connectivity index (χ4v) is 0.800. The third-order valence-electron chi connectivity index (χ3n) is 1.49. The molecule has 0 aromatic heterocycles. The van der Waals surface area contributed by atoms with Gasteiger partial charge < -0.3 is 11.5 Å². The van der Waals surface area contributed by atoms with Gasteiger partial charge in [-0.15, -0.1) is 24.3 Å². The Labute approximate surface area is 114 Å². The Kier molecular flexibility index (Phi) is 7.90. The molecule has 0 bridgehead atoms. The SMILES string of the molecule is Nc1cc[c-]cc1.Nc1cc[c-]cc1.[U+2]. The molecule has 2 nitrogen and oxygen atoms in total. The van der Waals surface area contributed by atoms with Crippen molar-refractivity contribution < 1.29 is 31.1 Å². The number of hydrogen-bond donors (Lipinski definition) is 2. The summed E-state index contributed by atoms with van der Waals surface area (Å²) < 4.78 is 0. The molecule has 0 radical (unpaired) electrons. The quantitative estimate of drug-likeness (QED) is 0.505. The minimum absolute atomic E-state index is 0. The molecule has 0 saturated carbocycles. The average molecular weight is 422 g/mol. The van der Waals surface area contributed by atoms with Crippen LogP contribution in [0, 0.1) is 43.2 Å². The van der Waals surface area contributed by atoms with Gasteiger partial charge in [0, 0.05) is 0 Å². The summed E-state index contributed by atoms with van der Waals surface area (Å²) >= 11 is 0. The summed E-state index contributed by atoms with van der Waals surface area (Å²) in [5.74, 6) is 0. The normalized spacial score (nSPS) is 8.00. The van der Waals surface area contributed by atoms with E-state index in [0.717, 1.165) is 11.4 Å². The van der Waals surface area contributed by atoms with Crippen molar-refractivity contribution in [2.24, 2.45) is 0 Å². The van der Waals surface area contributed by atoms with Gasteiger partial charge >= 0.3 is 31.1 Å². The zero-order valence-electron chi connectivity index (χ0n) is 8.27. The van der Waals surface area contributed by atoms with Gasteiger partial charge in [0.05, 0.1) is 0 Å². The van der Waals surface area contributed by atoms with Crippen molar-refractivity contribution in [3.05, 3.63) is 60.7 Å². The van der Waals surface area contributed by atoms with E-state index in [2.05, 4.69) is 12.1 Å². The summed E-state index contributed by atoms with van der Waals surface area (Å²) in [7, 11) is 0. The van der Waals surface area contributed by atoms with Crippen LogP contribution in [-0.4, -0.2) is 0 Å². The Morgan fingerprint density at radius 3 is 1.07 bits per heavy atom. The Balaban J connectivity index is 0.000000245. The molecule has 0 saturated heterocycles. The Bertz CT molecular complexity index is 311. The average Bonchev–Trinajstić information content (AvgIpc) is 2.21. The monoisotopic (exact) mass is 422 g/mol. The second-order valence-electron chi connectivity index (χ2n) is 2.67. The fraction of sp³-hybridized carbons (Fsp3) is 0. The third-order valence-corrected chi connectivity index (χ3v) is 1.49. The van der Waals surface area contributed by atoms with Gasteiger partial charge in [-0.1, -0.05) is 11.4 Å². The van der Waals surface area contributed by atoms with Crippen molar-refractivity contribution in [2.45, 2.75) is 0 Å². The van der Waals surface area contributed by atoms with Crippen molar-refractivity contribution in [1.29, 1.82) is 0 Å². The molecule has 0 aliphatic rings. The van der Waals surface area contributed by atoms with Gasteiger partial charge in [-0.3, -0.25) is 0 Å². The first kappa shape index (κ1) is 14.1. The number of hydrogen-bond acceptors (Lipinski definition) is 2. The Morgan fingerprint density at radius 2 is 0.933 bits per heavy atom. The van der Waals surface area contributed by atoms with Crippen LogP contribution in [0.3, 0.4) is 0 Å². The maximum Gasteiger partial charge on any atom is 2.00 e. The number of rotatable bonds is 0. The number of anilines is 2. The van der Waals surface area contributed by atoms with E-state index in [-0.39, 0.29) is 31.1 Å². The smallest absolute Gasteiger partial charge is 0.419 e. The van der Waals surface area contributed by atoms with Gasteiger partial charge in [0.1, 0.15) is 0 Å². The third kappa shape index (κ3) is 7.07. The van der Waals surface area contributed by atoms with E-state index in [1.165, 1.54) is 0 Å². The van der Waals surface area contributed by atoms with Crippen LogP contribution in [-0.2, 0) is 0 Å². The molecule has 15 heavy (non-hydrogen) atoms. The van der Waals surface area contributed by atoms with E-state index in [1.54, 1.807) is 48.5 Å². The largest absolute Gasteiger partial charge is 2.00 e. The predicted octanol–water partition coefficient (Wildman–Crippen LogP) is 2.14. The molecule has 4 N–H and O–H groups in total. The summed E-state index contributed by atoms with van der Waals surface area (Å²) in [6.45, 7) is 0. The minimum atomic E-state index is 0. The molecule has 0 spiro atoms.